The first kappa shape index (κ1) is 39.6. The van der Waals surface area contributed by atoms with Crippen molar-refractivity contribution in [2.75, 3.05) is 91.0 Å². The Morgan fingerprint density at radius 1 is 0.712 bits per heavy atom. The highest BCUT2D eigenvalue weighted by Gasteiger charge is 2.39. The molecule has 0 spiro atoms. The molecule has 0 bridgehead atoms. The van der Waals surface area contributed by atoms with Gasteiger partial charge in [0.1, 0.15) is 0 Å². The van der Waals surface area contributed by atoms with E-state index in [9.17, 15) is 14.7 Å². The summed E-state index contributed by atoms with van der Waals surface area (Å²) in [6.45, 7) is 10.5. The Kier molecular flexibility index (Phi) is 16.2. The number of anilines is 1. The van der Waals surface area contributed by atoms with Crippen LogP contribution < -0.4 is 5.32 Å². The Bertz CT molecular complexity index is 1520. The second kappa shape index (κ2) is 21.2. The third kappa shape index (κ3) is 12.3. The third-order valence-electron chi connectivity index (χ3n) is 9.10. The number of carbonyl (C=O) groups excluding carboxylic acids is 2. The van der Waals surface area contributed by atoms with E-state index < -0.39 is 6.29 Å². The van der Waals surface area contributed by atoms with Crippen LogP contribution in [0.25, 0.3) is 0 Å². The summed E-state index contributed by atoms with van der Waals surface area (Å²) in [5.74, 6) is -0.439. The summed E-state index contributed by atoms with van der Waals surface area (Å²) in [4.78, 5) is 27.5. The van der Waals surface area contributed by atoms with Crippen molar-refractivity contribution in [2.45, 2.75) is 39.0 Å². The van der Waals surface area contributed by atoms with E-state index in [1.165, 1.54) is 6.92 Å². The van der Waals surface area contributed by atoms with Crippen molar-refractivity contribution in [3.8, 4) is 0 Å². The van der Waals surface area contributed by atoms with Crippen LogP contribution in [0.2, 0.25) is 0 Å². The second-order valence-electron chi connectivity index (χ2n) is 12.9. The fourth-order valence-corrected chi connectivity index (χ4v) is 6.09. The normalized spacial score (nSPS) is 23.6. The summed E-state index contributed by atoms with van der Waals surface area (Å²) < 4.78 is 42.0. The molecule has 2 fully saturated rings. The van der Waals surface area contributed by atoms with Crippen LogP contribution in [0.3, 0.4) is 0 Å². The van der Waals surface area contributed by atoms with Crippen molar-refractivity contribution in [3.63, 3.8) is 0 Å². The minimum Gasteiger partial charge on any atom is -0.392 e. The smallest absolute Gasteiger partial charge is 0.255 e. The number of aliphatic hydroxyl groups is 1. The van der Waals surface area contributed by atoms with Gasteiger partial charge in [0, 0.05) is 47.9 Å². The zero-order chi connectivity index (χ0) is 36.5. The third-order valence-corrected chi connectivity index (χ3v) is 9.10. The fourth-order valence-electron chi connectivity index (χ4n) is 6.09. The Balaban J connectivity index is 1.32. The van der Waals surface area contributed by atoms with Crippen molar-refractivity contribution in [1.29, 1.82) is 0 Å². The van der Waals surface area contributed by atoms with Crippen LogP contribution in [0.15, 0.2) is 72.8 Å². The van der Waals surface area contributed by atoms with Gasteiger partial charge in [-0.05, 0) is 42.3 Å². The molecule has 0 aromatic heterocycles. The lowest BCUT2D eigenvalue weighted by Crippen LogP contribution is -2.46. The van der Waals surface area contributed by atoms with Gasteiger partial charge in [-0.3, -0.25) is 14.5 Å². The summed E-state index contributed by atoms with van der Waals surface area (Å²) in [5.41, 5.74) is 3.97. The summed E-state index contributed by atoms with van der Waals surface area (Å²) in [6.07, 6.45) is -1.34. The number of amides is 1. The fraction of sp³-hybridized carbons (Fsp3) is 0.500. The van der Waals surface area contributed by atoms with E-state index in [2.05, 4.69) is 17.1 Å². The van der Waals surface area contributed by atoms with Gasteiger partial charge in [0.2, 0.25) is 0 Å². The van der Waals surface area contributed by atoms with Gasteiger partial charge in [0.15, 0.2) is 12.1 Å². The van der Waals surface area contributed by atoms with Gasteiger partial charge in [-0.25, -0.2) is 0 Å². The number of hydrogen-bond donors (Lipinski definition) is 2. The monoisotopic (exact) mass is 720 g/mol. The summed E-state index contributed by atoms with van der Waals surface area (Å²) in [6, 6.07) is 21.9. The number of nitrogens with zero attached hydrogens (tertiary/aromatic N) is 1. The van der Waals surface area contributed by atoms with Crippen molar-refractivity contribution >= 4 is 17.4 Å². The van der Waals surface area contributed by atoms with Gasteiger partial charge >= 0.3 is 0 Å². The topological polar surface area (TPSA) is 134 Å². The highest BCUT2D eigenvalue weighted by molar-refractivity contribution is 6.05. The Labute approximate surface area is 306 Å². The molecule has 2 N–H and O–H groups in total. The molecule has 1 amide bonds. The molecule has 2 heterocycles. The molecular weight excluding hydrogens is 668 g/mol. The van der Waals surface area contributed by atoms with Crippen molar-refractivity contribution < 1.29 is 47.9 Å². The molecule has 4 unspecified atom stereocenters. The molecule has 3 aromatic carbocycles. The second-order valence-corrected chi connectivity index (χ2v) is 12.9. The number of aliphatic hydroxyl groups excluding tert-OH is 1. The number of ether oxygens (including phenoxy) is 7. The SMILES string of the molecule is CC(=O)c1cccc(NC(=O)c2cccc(C3OC(CN4CCOCCOCCOCCOCCOCC4)C(C)C(c4ccc(CO)cc4)O3)c2)c1. The molecule has 2 aliphatic heterocycles. The summed E-state index contributed by atoms with van der Waals surface area (Å²) in [7, 11) is 0. The number of rotatable bonds is 8. The van der Waals surface area contributed by atoms with Gasteiger partial charge in [-0.1, -0.05) is 55.5 Å². The van der Waals surface area contributed by atoms with E-state index in [1.54, 1.807) is 36.4 Å². The van der Waals surface area contributed by atoms with Crippen LogP contribution in [0.5, 0.6) is 0 Å². The summed E-state index contributed by atoms with van der Waals surface area (Å²) >= 11 is 0. The molecule has 3 aromatic rings. The number of Topliss-reactive ketones (excluding diaryl/α,β-unsaturated/α-hetero) is 1. The van der Waals surface area contributed by atoms with E-state index in [1.807, 2.05) is 36.4 Å². The molecule has 0 radical (unpaired) electrons. The largest absolute Gasteiger partial charge is 0.392 e. The number of hydrogen-bond acceptors (Lipinski definition) is 11. The number of carbonyl (C=O) groups is 2. The summed E-state index contributed by atoms with van der Waals surface area (Å²) in [5, 5.41) is 12.6. The average molecular weight is 721 g/mol. The maximum Gasteiger partial charge on any atom is 0.255 e. The minimum atomic E-state index is -0.760. The number of nitrogens with one attached hydrogen (secondary N) is 1. The van der Waals surface area contributed by atoms with E-state index in [0.29, 0.717) is 108 Å². The Hall–Kier alpha value is -3.56. The molecule has 4 atom stereocenters. The zero-order valence-corrected chi connectivity index (χ0v) is 30.2. The molecular formula is C40H52N2O10. The molecule has 2 aliphatic rings. The number of benzene rings is 3. The predicted molar refractivity (Wildman–Crippen MR) is 194 cm³/mol. The molecule has 52 heavy (non-hydrogen) atoms. The van der Waals surface area contributed by atoms with Gasteiger partial charge in [0.25, 0.3) is 5.91 Å². The van der Waals surface area contributed by atoms with E-state index in [0.717, 1.165) is 11.1 Å². The molecule has 12 nitrogen and oxygen atoms in total. The molecule has 0 aliphatic carbocycles. The van der Waals surface area contributed by atoms with E-state index >= 15 is 0 Å². The Morgan fingerprint density at radius 2 is 1.29 bits per heavy atom. The van der Waals surface area contributed by atoms with Crippen LogP contribution in [0.1, 0.15) is 63.6 Å². The van der Waals surface area contributed by atoms with Crippen molar-refractivity contribution in [1.82, 2.24) is 4.90 Å². The lowest BCUT2D eigenvalue weighted by molar-refractivity contribution is -0.276. The first-order valence-electron chi connectivity index (χ1n) is 18.0. The highest BCUT2D eigenvalue weighted by Crippen LogP contribution is 2.42. The van der Waals surface area contributed by atoms with Crippen LogP contribution >= 0.6 is 0 Å². The van der Waals surface area contributed by atoms with E-state index in [4.69, 9.17) is 33.2 Å². The lowest BCUT2D eigenvalue weighted by atomic mass is 9.90. The molecule has 5 rings (SSSR count). The minimum absolute atomic E-state index is 0.0461. The van der Waals surface area contributed by atoms with E-state index in [-0.39, 0.29) is 36.4 Å². The van der Waals surface area contributed by atoms with Crippen LogP contribution in [-0.4, -0.2) is 114 Å². The van der Waals surface area contributed by atoms with Crippen molar-refractivity contribution in [2.24, 2.45) is 5.92 Å². The molecule has 0 saturated carbocycles. The van der Waals surface area contributed by atoms with Crippen molar-refractivity contribution in [3.05, 3.63) is 101 Å². The van der Waals surface area contributed by atoms with Crippen LogP contribution in [0.4, 0.5) is 5.69 Å². The van der Waals surface area contributed by atoms with Crippen LogP contribution in [-0.2, 0) is 39.8 Å². The number of ketones is 1. The first-order chi connectivity index (χ1) is 25.4. The van der Waals surface area contributed by atoms with Crippen LogP contribution in [0, 0.1) is 5.92 Å². The van der Waals surface area contributed by atoms with Gasteiger partial charge in [-0.15, -0.1) is 0 Å². The Morgan fingerprint density at radius 3 is 1.88 bits per heavy atom. The predicted octanol–water partition coefficient (Wildman–Crippen LogP) is 4.82. The zero-order valence-electron chi connectivity index (χ0n) is 30.2. The maximum atomic E-state index is 13.4. The maximum absolute atomic E-state index is 13.4. The van der Waals surface area contributed by atoms with Gasteiger partial charge in [0.05, 0.1) is 84.9 Å². The lowest BCUT2D eigenvalue weighted by Gasteiger charge is -2.43. The molecule has 2 saturated heterocycles. The van der Waals surface area contributed by atoms with Gasteiger partial charge in [-0.2, -0.15) is 0 Å². The van der Waals surface area contributed by atoms with Gasteiger partial charge < -0.3 is 43.6 Å². The highest BCUT2D eigenvalue weighted by atomic mass is 16.7. The first-order valence-corrected chi connectivity index (χ1v) is 18.0. The quantitative estimate of drug-likeness (QED) is 0.310. The standard InChI is InChI=1S/C40H52N2O10/c1-29-37(27-42-13-15-46-17-19-48-21-23-50-24-22-49-20-18-47-16-14-42)51-40(52-38(29)32-11-9-31(28-43)10-12-32)35-7-3-6-34(25-35)39(45)41-36-8-4-5-33(26-36)30(2)44/h3-12,25-26,29,37-38,40,43H,13-24,27-28H2,1-2H3,(H,41,45). The average Bonchev–Trinajstić information content (AvgIpc) is 3.16. The molecule has 282 valence electrons. The molecule has 12 heteroatoms.